The topological polar surface area (TPSA) is 78.9 Å². The molecule has 6 heteroatoms. The van der Waals surface area contributed by atoms with Crippen LogP contribution in [0.25, 0.3) is 0 Å². The van der Waals surface area contributed by atoms with Crippen LogP contribution in [0.1, 0.15) is 323 Å². The average Bonchev–Trinajstić information content (AvgIpc) is 3.44. The summed E-state index contributed by atoms with van der Waals surface area (Å²) >= 11 is 0. The zero-order chi connectivity index (χ0) is 56.4. The minimum absolute atomic E-state index is 0.0844. The van der Waals surface area contributed by atoms with Gasteiger partial charge in [-0.2, -0.15) is 0 Å². The number of carbonyl (C=O) groups is 3. The Kier molecular flexibility index (Phi) is 62.7. The fourth-order valence-electron chi connectivity index (χ4n) is 9.43. The molecule has 0 fully saturated rings. The van der Waals surface area contributed by atoms with E-state index < -0.39 is 6.10 Å². The molecule has 0 aliphatic heterocycles. The molecule has 0 saturated carbocycles. The van der Waals surface area contributed by atoms with E-state index in [4.69, 9.17) is 14.2 Å². The Morgan fingerprint density at radius 3 is 0.782 bits per heavy atom. The molecule has 0 spiro atoms. The quantitative estimate of drug-likeness (QED) is 0.0261. The molecule has 0 aromatic rings. The molecular formula is C72H124O6. The molecule has 0 saturated heterocycles. The fraction of sp³-hybridized carbons (Fsp3) is 0.736. The highest BCUT2D eigenvalue weighted by molar-refractivity contribution is 5.71. The molecule has 0 aromatic heterocycles. The van der Waals surface area contributed by atoms with Crippen LogP contribution in [0.15, 0.2) is 97.2 Å². The molecule has 1 atom stereocenters. The monoisotopic (exact) mass is 1080 g/mol. The predicted octanol–water partition coefficient (Wildman–Crippen LogP) is 22.8. The molecule has 6 nitrogen and oxygen atoms in total. The molecule has 0 radical (unpaired) electrons. The summed E-state index contributed by atoms with van der Waals surface area (Å²) in [4.78, 5) is 38.4. The van der Waals surface area contributed by atoms with Crippen LogP contribution in [0.5, 0.6) is 0 Å². The number of esters is 3. The van der Waals surface area contributed by atoms with Crippen LogP contribution < -0.4 is 0 Å². The molecule has 0 rings (SSSR count). The Morgan fingerprint density at radius 1 is 0.269 bits per heavy atom. The molecule has 0 aromatic carbocycles. The van der Waals surface area contributed by atoms with E-state index in [2.05, 4.69) is 118 Å². The van der Waals surface area contributed by atoms with Crippen LogP contribution in [-0.4, -0.2) is 37.2 Å². The van der Waals surface area contributed by atoms with E-state index in [9.17, 15) is 14.4 Å². The van der Waals surface area contributed by atoms with Gasteiger partial charge in [0.25, 0.3) is 0 Å². The van der Waals surface area contributed by atoms with E-state index in [1.165, 1.54) is 161 Å². The summed E-state index contributed by atoms with van der Waals surface area (Å²) in [6.07, 6.45) is 88.4. The number of rotatable bonds is 60. The van der Waals surface area contributed by atoms with Crippen molar-refractivity contribution in [2.24, 2.45) is 0 Å². The summed E-state index contributed by atoms with van der Waals surface area (Å²) in [6.45, 7) is 6.44. The predicted molar refractivity (Wildman–Crippen MR) is 339 cm³/mol. The zero-order valence-electron chi connectivity index (χ0n) is 51.4. The molecular weight excluding hydrogens is 961 g/mol. The Bertz CT molecular complexity index is 1530. The van der Waals surface area contributed by atoms with Crippen LogP contribution in [-0.2, 0) is 28.6 Å². The lowest BCUT2D eigenvalue weighted by atomic mass is 10.0. The van der Waals surface area contributed by atoms with Crippen LogP contribution >= 0.6 is 0 Å². The van der Waals surface area contributed by atoms with Crippen molar-refractivity contribution in [3.05, 3.63) is 97.2 Å². The summed E-state index contributed by atoms with van der Waals surface area (Å²) in [5.41, 5.74) is 0. The highest BCUT2D eigenvalue weighted by Crippen LogP contribution is 2.17. The third-order valence-corrected chi connectivity index (χ3v) is 14.3. The summed E-state index contributed by atoms with van der Waals surface area (Å²) in [6, 6.07) is 0. The third kappa shape index (κ3) is 63.2. The lowest BCUT2D eigenvalue weighted by Gasteiger charge is -2.18. The largest absolute Gasteiger partial charge is 0.462 e. The second kappa shape index (κ2) is 65.8. The number of hydrogen-bond acceptors (Lipinski definition) is 6. The van der Waals surface area contributed by atoms with Gasteiger partial charge in [-0.15, -0.1) is 0 Å². The van der Waals surface area contributed by atoms with Crippen molar-refractivity contribution >= 4 is 17.9 Å². The number of allylic oxidation sites excluding steroid dienone is 16. The zero-order valence-corrected chi connectivity index (χ0v) is 51.4. The van der Waals surface area contributed by atoms with Crippen LogP contribution in [0.4, 0.5) is 0 Å². The molecule has 0 aliphatic carbocycles. The molecule has 1 unspecified atom stereocenters. The van der Waals surface area contributed by atoms with Gasteiger partial charge in [-0.1, -0.05) is 304 Å². The first-order valence-electron chi connectivity index (χ1n) is 33.2. The molecule has 0 aliphatic rings. The minimum Gasteiger partial charge on any atom is -0.462 e. The van der Waals surface area contributed by atoms with Gasteiger partial charge in [0.2, 0.25) is 0 Å². The second-order valence-electron chi connectivity index (χ2n) is 22.0. The number of unbranched alkanes of at least 4 members (excludes halogenated alkanes) is 33. The molecule has 0 amide bonds. The van der Waals surface area contributed by atoms with Crippen molar-refractivity contribution in [1.82, 2.24) is 0 Å². The Hall–Kier alpha value is -3.67. The van der Waals surface area contributed by atoms with Crippen LogP contribution in [0.3, 0.4) is 0 Å². The van der Waals surface area contributed by atoms with Gasteiger partial charge in [0, 0.05) is 19.3 Å². The standard InChI is InChI=1S/C72H124O6/c1-4-7-10-13-16-19-22-25-28-31-34-36-39-41-44-47-50-53-56-59-62-65-71(74)77-68-69(67-76-70(73)64-61-58-55-52-49-46-43-40-37-33-30-27-24-21-18-15-12-9-6-3)78-72(75)66-63-60-57-54-51-48-45-42-38-35-32-29-26-23-20-17-14-11-8-5-2/h7,9-10,12,16,18-19,21,25,27-28,30,34,36-37,40,69H,4-6,8,11,13-15,17,20,22-24,26,29,31-33,35,38-39,41-68H2,1-3H3/b10-7-,12-9-,19-16-,21-18-,28-25-,30-27-,36-34-,40-37-. The molecule has 0 bridgehead atoms. The van der Waals surface area contributed by atoms with Crippen molar-refractivity contribution < 1.29 is 28.6 Å². The molecule has 78 heavy (non-hydrogen) atoms. The summed E-state index contributed by atoms with van der Waals surface area (Å²) in [5.74, 6) is -0.890. The van der Waals surface area contributed by atoms with Gasteiger partial charge in [-0.3, -0.25) is 14.4 Å². The SMILES string of the molecule is CC/C=C\C/C=C\C/C=C\C/C=C\CCCCCCCCCCC(=O)OCC(COC(=O)CCCCCCCC/C=C\C/C=C\C/C=C\C/C=C\CC)OC(=O)CCCCCCCCCCCCCCCCCCCCCC. The highest BCUT2D eigenvalue weighted by atomic mass is 16.6. The van der Waals surface area contributed by atoms with Gasteiger partial charge in [0.15, 0.2) is 6.10 Å². The van der Waals surface area contributed by atoms with E-state index in [-0.39, 0.29) is 31.1 Å². The van der Waals surface area contributed by atoms with E-state index >= 15 is 0 Å². The minimum atomic E-state index is -0.788. The van der Waals surface area contributed by atoms with Gasteiger partial charge < -0.3 is 14.2 Å². The van der Waals surface area contributed by atoms with Gasteiger partial charge in [-0.05, 0) is 96.3 Å². The lowest BCUT2D eigenvalue weighted by molar-refractivity contribution is -0.167. The van der Waals surface area contributed by atoms with E-state index in [1.54, 1.807) is 0 Å². The van der Waals surface area contributed by atoms with Gasteiger partial charge in [0.1, 0.15) is 13.2 Å². The maximum Gasteiger partial charge on any atom is 0.306 e. The fourth-order valence-corrected chi connectivity index (χ4v) is 9.43. The first-order chi connectivity index (χ1) is 38.5. The average molecular weight is 1090 g/mol. The number of carbonyl (C=O) groups excluding carboxylic acids is 3. The van der Waals surface area contributed by atoms with Crippen molar-refractivity contribution in [3.8, 4) is 0 Å². The van der Waals surface area contributed by atoms with Crippen molar-refractivity contribution in [3.63, 3.8) is 0 Å². The van der Waals surface area contributed by atoms with Gasteiger partial charge in [-0.25, -0.2) is 0 Å². The van der Waals surface area contributed by atoms with Crippen molar-refractivity contribution in [2.45, 2.75) is 329 Å². The van der Waals surface area contributed by atoms with Crippen molar-refractivity contribution in [2.75, 3.05) is 13.2 Å². The van der Waals surface area contributed by atoms with Crippen LogP contribution in [0, 0.1) is 0 Å². The summed E-state index contributed by atoms with van der Waals surface area (Å²) in [7, 11) is 0. The summed E-state index contributed by atoms with van der Waals surface area (Å²) < 4.78 is 17.0. The third-order valence-electron chi connectivity index (χ3n) is 14.3. The smallest absolute Gasteiger partial charge is 0.306 e. The lowest BCUT2D eigenvalue weighted by Crippen LogP contribution is -2.30. The van der Waals surface area contributed by atoms with Gasteiger partial charge >= 0.3 is 17.9 Å². The van der Waals surface area contributed by atoms with Gasteiger partial charge in [0.05, 0.1) is 0 Å². The molecule has 0 N–H and O–H groups in total. The highest BCUT2D eigenvalue weighted by Gasteiger charge is 2.19. The normalized spacial score (nSPS) is 12.7. The van der Waals surface area contributed by atoms with E-state index in [0.717, 1.165) is 122 Å². The van der Waals surface area contributed by atoms with Crippen molar-refractivity contribution in [1.29, 1.82) is 0 Å². The molecule has 448 valence electrons. The Morgan fingerprint density at radius 2 is 0.500 bits per heavy atom. The van der Waals surface area contributed by atoms with E-state index in [1.807, 2.05) is 0 Å². The maximum atomic E-state index is 12.9. The first kappa shape index (κ1) is 74.3. The maximum absolute atomic E-state index is 12.9. The Balaban J connectivity index is 4.40. The first-order valence-corrected chi connectivity index (χ1v) is 33.2. The summed E-state index contributed by atoms with van der Waals surface area (Å²) in [5, 5.41) is 0. The van der Waals surface area contributed by atoms with Crippen LogP contribution in [0.2, 0.25) is 0 Å². The number of hydrogen-bond donors (Lipinski definition) is 0. The van der Waals surface area contributed by atoms with E-state index in [0.29, 0.717) is 19.3 Å². The molecule has 0 heterocycles. The second-order valence-corrected chi connectivity index (χ2v) is 22.0. The number of ether oxygens (including phenoxy) is 3. The Labute approximate surface area is 483 Å².